The van der Waals surface area contributed by atoms with Crippen molar-refractivity contribution in [2.24, 2.45) is 5.92 Å². The molecule has 0 bridgehead atoms. The summed E-state index contributed by atoms with van der Waals surface area (Å²) in [6, 6.07) is 1.75. The normalized spacial score (nSPS) is 12.6. The molecule has 0 amide bonds. The van der Waals surface area contributed by atoms with E-state index in [2.05, 4.69) is 12.2 Å². The lowest BCUT2D eigenvalue weighted by Gasteiger charge is -2.11. The highest BCUT2D eigenvalue weighted by molar-refractivity contribution is 7.14. The molecule has 2 N–H and O–H groups in total. The van der Waals surface area contributed by atoms with Crippen LogP contribution < -0.4 is 5.32 Å². The van der Waals surface area contributed by atoms with Gasteiger partial charge in [-0.3, -0.25) is 0 Å². The van der Waals surface area contributed by atoms with Crippen LogP contribution in [0, 0.1) is 12.8 Å². The van der Waals surface area contributed by atoms with Crippen LogP contribution in [0.25, 0.3) is 0 Å². The van der Waals surface area contributed by atoms with Crippen molar-refractivity contribution in [1.29, 1.82) is 0 Å². The number of rotatable bonds is 7. The van der Waals surface area contributed by atoms with Crippen LogP contribution in [0.5, 0.6) is 0 Å². The Bertz CT molecular complexity index is 376. The van der Waals surface area contributed by atoms with Gasteiger partial charge in [0.2, 0.25) is 0 Å². The van der Waals surface area contributed by atoms with Crippen LogP contribution in [0.4, 0.5) is 0 Å². The average molecular weight is 257 g/mol. The number of carboxylic acid groups (broad SMARTS) is 1. The molecule has 0 fully saturated rings. The molecular formula is C12H19NO3S. The van der Waals surface area contributed by atoms with Crippen molar-refractivity contribution >= 4 is 17.3 Å². The average Bonchev–Trinajstić information content (AvgIpc) is 2.61. The predicted octanol–water partition coefficient (Wildman–Crippen LogP) is 2.13. The zero-order chi connectivity index (χ0) is 12.8. The van der Waals surface area contributed by atoms with Crippen LogP contribution in [0.15, 0.2) is 6.07 Å². The van der Waals surface area contributed by atoms with Crippen LogP contribution in [-0.4, -0.2) is 31.3 Å². The van der Waals surface area contributed by atoms with Gasteiger partial charge in [0, 0.05) is 31.7 Å². The second kappa shape index (κ2) is 6.74. The summed E-state index contributed by atoms with van der Waals surface area (Å²) in [6.07, 6.45) is 0. The highest BCUT2D eigenvalue weighted by Gasteiger charge is 2.10. The molecule has 1 rings (SSSR count). The van der Waals surface area contributed by atoms with Gasteiger partial charge in [-0.1, -0.05) is 6.92 Å². The Morgan fingerprint density at radius 2 is 2.35 bits per heavy atom. The van der Waals surface area contributed by atoms with Gasteiger partial charge in [-0.05, 0) is 24.5 Å². The number of carbonyl (C=O) groups is 1. The van der Waals surface area contributed by atoms with Crippen LogP contribution >= 0.6 is 11.3 Å². The van der Waals surface area contributed by atoms with Gasteiger partial charge in [0.25, 0.3) is 0 Å². The van der Waals surface area contributed by atoms with Gasteiger partial charge >= 0.3 is 5.97 Å². The summed E-state index contributed by atoms with van der Waals surface area (Å²) in [6.45, 7) is 6.37. The Balaban J connectivity index is 2.44. The number of methoxy groups -OCH3 is 1. The molecule has 0 aromatic carbocycles. The van der Waals surface area contributed by atoms with Crippen molar-refractivity contribution in [3.8, 4) is 0 Å². The van der Waals surface area contributed by atoms with E-state index in [1.807, 2.05) is 6.92 Å². The number of ether oxygens (including phenoxy) is 1. The van der Waals surface area contributed by atoms with Crippen LogP contribution in [0.3, 0.4) is 0 Å². The van der Waals surface area contributed by atoms with Crippen molar-refractivity contribution in [1.82, 2.24) is 5.32 Å². The van der Waals surface area contributed by atoms with E-state index in [9.17, 15) is 4.79 Å². The van der Waals surface area contributed by atoms with Gasteiger partial charge in [-0.25, -0.2) is 4.79 Å². The van der Waals surface area contributed by atoms with E-state index in [1.165, 1.54) is 11.3 Å². The Hall–Kier alpha value is -0.910. The number of aromatic carboxylic acids is 1. The molecule has 0 aliphatic carbocycles. The van der Waals surface area contributed by atoms with Crippen LogP contribution in [-0.2, 0) is 11.3 Å². The zero-order valence-corrected chi connectivity index (χ0v) is 11.3. The van der Waals surface area contributed by atoms with Crippen molar-refractivity contribution in [2.75, 3.05) is 20.3 Å². The maximum atomic E-state index is 10.8. The van der Waals surface area contributed by atoms with E-state index >= 15 is 0 Å². The third-order valence-electron chi connectivity index (χ3n) is 2.49. The summed E-state index contributed by atoms with van der Waals surface area (Å²) in [5.41, 5.74) is 1.07. The highest BCUT2D eigenvalue weighted by Crippen LogP contribution is 2.21. The molecule has 0 aliphatic heterocycles. The van der Waals surface area contributed by atoms with Gasteiger partial charge < -0.3 is 15.2 Å². The molecule has 17 heavy (non-hydrogen) atoms. The van der Waals surface area contributed by atoms with E-state index < -0.39 is 5.97 Å². The SMILES string of the molecule is COCC(C)CNCc1cc(C(=O)O)sc1C. The lowest BCUT2D eigenvalue weighted by molar-refractivity contribution is 0.0702. The monoisotopic (exact) mass is 257 g/mol. The zero-order valence-electron chi connectivity index (χ0n) is 10.4. The van der Waals surface area contributed by atoms with E-state index in [1.54, 1.807) is 13.2 Å². The number of hydrogen-bond donors (Lipinski definition) is 2. The Morgan fingerprint density at radius 3 is 2.88 bits per heavy atom. The lowest BCUT2D eigenvalue weighted by Crippen LogP contribution is -2.23. The number of aryl methyl sites for hydroxylation is 1. The summed E-state index contributed by atoms with van der Waals surface area (Å²) in [4.78, 5) is 12.3. The maximum absolute atomic E-state index is 10.8. The number of thiophene rings is 1. The molecule has 0 radical (unpaired) electrons. The molecule has 1 aromatic rings. The fraction of sp³-hybridized carbons (Fsp3) is 0.583. The predicted molar refractivity (Wildman–Crippen MR) is 68.8 cm³/mol. The van der Waals surface area contributed by atoms with Gasteiger partial charge in [0.1, 0.15) is 4.88 Å². The second-order valence-electron chi connectivity index (χ2n) is 4.19. The molecule has 1 heterocycles. The van der Waals surface area contributed by atoms with E-state index in [0.717, 1.165) is 23.6 Å². The maximum Gasteiger partial charge on any atom is 0.345 e. The van der Waals surface area contributed by atoms with Crippen molar-refractivity contribution in [3.63, 3.8) is 0 Å². The van der Waals surface area contributed by atoms with Gasteiger partial charge in [0.05, 0.1) is 0 Å². The van der Waals surface area contributed by atoms with Gasteiger partial charge in [-0.15, -0.1) is 11.3 Å². The van der Waals surface area contributed by atoms with Gasteiger partial charge in [0.15, 0.2) is 0 Å². The Labute approximate surface area is 106 Å². The first kappa shape index (κ1) is 14.2. The minimum Gasteiger partial charge on any atom is -0.477 e. The molecule has 1 unspecified atom stereocenters. The second-order valence-corrected chi connectivity index (χ2v) is 5.44. The molecule has 4 nitrogen and oxygen atoms in total. The highest BCUT2D eigenvalue weighted by atomic mass is 32.1. The molecule has 0 spiro atoms. The third-order valence-corrected chi connectivity index (χ3v) is 3.57. The van der Waals surface area contributed by atoms with Crippen LogP contribution in [0.2, 0.25) is 0 Å². The largest absolute Gasteiger partial charge is 0.477 e. The van der Waals surface area contributed by atoms with Gasteiger partial charge in [-0.2, -0.15) is 0 Å². The fourth-order valence-corrected chi connectivity index (χ4v) is 2.48. The topological polar surface area (TPSA) is 58.6 Å². The minimum absolute atomic E-state index is 0.407. The standard InChI is InChI=1S/C12H19NO3S/c1-8(7-16-3)5-13-6-10-4-11(12(14)15)17-9(10)2/h4,8,13H,5-7H2,1-3H3,(H,14,15). The number of nitrogens with one attached hydrogen (secondary N) is 1. The summed E-state index contributed by atoms with van der Waals surface area (Å²) >= 11 is 1.33. The lowest BCUT2D eigenvalue weighted by atomic mass is 10.2. The minimum atomic E-state index is -0.850. The van der Waals surface area contributed by atoms with Crippen molar-refractivity contribution in [3.05, 3.63) is 21.4 Å². The number of carboxylic acids is 1. The first-order valence-corrected chi connectivity index (χ1v) is 6.38. The smallest absolute Gasteiger partial charge is 0.345 e. The molecular weight excluding hydrogens is 238 g/mol. The quantitative estimate of drug-likeness (QED) is 0.785. The molecule has 1 atom stereocenters. The Morgan fingerprint density at radius 1 is 1.65 bits per heavy atom. The molecule has 1 aromatic heterocycles. The molecule has 5 heteroatoms. The van der Waals surface area contributed by atoms with E-state index in [4.69, 9.17) is 9.84 Å². The molecule has 0 aliphatic rings. The van der Waals surface area contributed by atoms with E-state index in [-0.39, 0.29) is 0 Å². The summed E-state index contributed by atoms with van der Waals surface area (Å²) in [5, 5.41) is 12.2. The summed E-state index contributed by atoms with van der Waals surface area (Å²) < 4.78 is 5.05. The summed E-state index contributed by atoms with van der Waals surface area (Å²) in [7, 11) is 1.69. The first-order chi connectivity index (χ1) is 8.04. The van der Waals surface area contributed by atoms with E-state index in [0.29, 0.717) is 17.3 Å². The fourth-order valence-electron chi connectivity index (χ4n) is 1.60. The molecule has 96 valence electrons. The first-order valence-electron chi connectivity index (χ1n) is 5.56. The number of hydrogen-bond acceptors (Lipinski definition) is 4. The summed E-state index contributed by atoms with van der Waals surface area (Å²) in [5.74, 6) is -0.394. The van der Waals surface area contributed by atoms with Crippen molar-refractivity contribution < 1.29 is 14.6 Å². The molecule has 0 saturated heterocycles. The van der Waals surface area contributed by atoms with Crippen LogP contribution in [0.1, 0.15) is 27.0 Å². The molecule has 0 saturated carbocycles. The Kier molecular flexibility index (Phi) is 5.61. The third kappa shape index (κ3) is 4.46. The van der Waals surface area contributed by atoms with Crippen molar-refractivity contribution in [2.45, 2.75) is 20.4 Å².